The number of hydrogen-bond donors (Lipinski definition) is 2. The molecule has 6 heteroatoms. The van der Waals surface area contributed by atoms with Crippen LogP contribution in [0.4, 0.5) is 13.6 Å². The zero-order valence-electron chi connectivity index (χ0n) is 12.6. The van der Waals surface area contributed by atoms with Crippen LogP contribution in [0.1, 0.15) is 48.0 Å². The van der Waals surface area contributed by atoms with Gasteiger partial charge in [-0.3, -0.25) is 0 Å². The normalized spacial score (nSPS) is 16.1. The van der Waals surface area contributed by atoms with Crippen molar-refractivity contribution in [1.82, 2.24) is 5.32 Å². The van der Waals surface area contributed by atoms with Crippen LogP contribution in [0.2, 0.25) is 0 Å². The van der Waals surface area contributed by atoms with Gasteiger partial charge in [-0.15, -0.1) is 0 Å². The molecule has 0 saturated carbocycles. The van der Waals surface area contributed by atoms with Gasteiger partial charge < -0.3 is 15.8 Å². The molecule has 0 saturated heterocycles. The predicted molar refractivity (Wildman–Crippen MR) is 71.2 cm³/mol. The van der Waals surface area contributed by atoms with Gasteiger partial charge in [0.2, 0.25) is 0 Å². The molecule has 2 unspecified atom stereocenters. The van der Waals surface area contributed by atoms with Gasteiger partial charge in [0.1, 0.15) is 5.60 Å². The highest BCUT2D eigenvalue weighted by molar-refractivity contribution is 5.68. The summed E-state index contributed by atoms with van der Waals surface area (Å²) < 4.78 is 30.2. The molecular weight excluding hydrogens is 254 g/mol. The average molecular weight is 280 g/mol. The number of nitrogens with two attached hydrogens (primary N) is 1. The molecule has 0 aromatic rings. The molecule has 114 valence electrons. The lowest BCUT2D eigenvalue weighted by atomic mass is 9.83. The molecular formula is C13H26F2N2O2. The van der Waals surface area contributed by atoms with Crippen molar-refractivity contribution >= 4 is 6.09 Å². The van der Waals surface area contributed by atoms with Crippen LogP contribution in [0, 0.1) is 5.41 Å². The highest BCUT2D eigenvalue weighted by Gasteiger charge is 2.32. The Bertz CT molecular complexity index is 296. The first-order chi connectivity index (χ1) is 8.33. The molecule has 0 aliphatic rings. The smallest absolute Gasteiger partial charge is 0.407 e. The first-order valence-electron chi connectivity index (χ1n) is 6.36. The number of ether oxygens (including phenoxy) is 1. The maximum Gasteiger partial charge on any atom is 0.407 e. The van der Waals surface area contributed by atoms with Gasteiger partial charge in [0, 0.05) is 6.04 Å². The van der Waals surface area contributed by atoms with Gasteiger partial charge in [-0.25, -0.2) is 13.6 Å². The Morgan fingerprint density at radius 1 is 1.21 bits per heavy atom. The highest BCUT2D eigenvalue weighted by Crippen LogP contribution is 2.24. The minimum Gasteiger partial charge on any atom is -0.444 e. The summed E-state index contributed by atoms with van der Waals surface area (Å²) in [6, 6.07) is -1.74. The fraction of sp³-hybridized carbons (Fsp3) is 0.923. The lowest BCUT2D eigenvalue weighted by molar-refractivity contribution is 0.0423. The number of hydrogen-bond acceptors (Lipinski definition) is 3. The largest absolute Gasteiger partial charge is 0.444 e. The molecule has 0 radical (unpaired) electrons. The van der Waals surface area contributed by atoms with Crippen LogP contribution in [0.15, 0.2) is 0 Å². The number of carbonyl (C=O) groups excluding carboxylic acids is 1. The Morgan fingerprint density at radius 3 is 2.00 bits per heavy atom. The van der Waals surface area contributed by atoms with Gasteiger partial charge in [0.25, 0.3) is 6.43 Å². The summed E-state index contributed by atoms with van der Waals surface area (Å²) in [6.07, 6.45) is -3.22. The second kappa shape index (κ2) is 6.50. The van der Waals surface area contributed by atoms with Crippen molar-refractivity contribution in [2.24, 2.45) is 11.1 Å². The Kier molecular flexibility index (Phi) is 6.19. The van der Waals surface area contributed by atoms with Crippen LogP contribution in [0.25, 0.3) is 0 Å². The van der Waals surface area contributed by atoms with Crippen LogP contribution in [0.5, 0.6) is 0 Å². The molecule has 1 amide bonds. The van der Waals surface area contributed by atoms with Crippen LogP contribution in [-0.2, 0) is 4.74 Å². The summed E-state index contributed by atoms with van der Waals surface area (Å²) in [7, 11) is 0. The molecule has 0 heterocycles. The lowest BCUT2D eigenvalue weighted by Gasteiger charge is -2.33. The van der Waals surface area contributed by atoms with Gasteiger partial charge in [0.05, 0.1) is 6.04 Å². The third kappa shape index (κ3) is 7.97. The van der Waals surface area contributed by atoms with Gasteiger partial charge in [-0.2, -0.15) is 0 Å². The minimum atomic E-state index is -2.61. The Labute approximate surface area is 114 Å². The van der Waals surface area contributed by atoms with E-state index in [0.717, 1.165) is 0 Å². The Morgan fingerprint density at radius 2 is 1.68 bits per heavy atom. The molecule has 0 rings (SSSR count). The summed E-state index contributed by atoms with van der Waals surface area (Å²) in [4.78, 5) is 11.7. The number of carbonyl (C=O) groups is 1. The van der Waals surface area contributed by atoms with Crippen molar-refractivity contribution in [3.63, 3.8) is 0 Å². The summed E-state index contributed by atoms with van der Waals surface area (Å²) in [5.74, 6) is 0. The number of alkyl carbamates (subject to hydrolysis) is 1. The van der Waals surface area contributed by atoms with Crippen molar-refractivity contribution in [1.29, 1.82) is 0 Å². The Hall–Kier alpha value is -0.910. The minimum absolute atomic E-state index is 0.000406. The lowest BCUT2D eigenvalue weighted by Crippen LogP contribution is -2.49. The fourth-order valence-corrected chi connectivity index (χ4v) is 1.45. The average Bonchev–Trinajstić information content (AvgIpc) is 2.11. The van der Waals surface area contributed by atoms with Crippen molar-refractivity contribution in [3.8, 4) is 0 Å². The summed E-state index contributed by atoms with van der Waals surface area (Å²) in [6.45, 7) is 10.8. The second-order valence-corrected chi connectivity index (χ2v) is 6.80. The summed E-state index contributed by atoms with van der Waals surface area (Å²) in [5.41, 5.74) is 4.36. The van der Waals surface area contributed by atoms with E-state index in [1.54, 1.807) is 20.8 Å². The van der Waals surface area contributed by atoms with E-state index in [1.807, 2.05) is 20.8 Å². The molecule has 0 aromatic heterocycles. The number of nitrogens with one attached hydrogen (secondary N) is 1. The molecule has 0 spiro atoms. The molecule has 0 fully saturated rings. The van der Waals surface area contributed by atoms with E-state index in [2.05, 4.69) is 5.32 Å². The van der Waals surface area contributed by atoms with E-state index in [9.17, 15) is 13.6 Å². The number of rotatable bonds is 4. The maximum atomic E-state index is 12.5. The summed E-state index contributed by atoms with van der Waals surface area (Å²) in [5, 5.41) is 2.62. The maximum absolute atomic E-state index is 12.5. The van der Waals surface area contributed by atoms with Crippen LogP contribution < -0.4 is 11.1 Å². The fourth-order valence-electron chi connectivity index (χ4n) is 1.45. The van der Waals surface area contributed by atoms with Gasteiger partial charge >= 0.3 is 6.09 Å². The van der Waals surface area contributed by atoms with Crippen LogP contribution in [-0.4, -0.2) is 30.2 Å². The van der Waals surface area contributed by atoms with E-state index >= 15 is 0 Å². The second-order valence-electron chi connectivity index (χ2n) is 6.80. The Balaban J connectivity index is 4.67. The van der Waals surface area contributed by atoms with E-state index < -0.39 is 30.2 Å². The number of alkyl halides is 2. The zero-order chi connectivity index (χ0) is 15.4. The number of amides is 1. The zero-order valence-corrected chi connectivity index (χ0v) is 12.6. The monoisotopic (exact) mass is 280 g/mol. The standard InChI is InChI=1S/C13H26F2N2O2/c1-12(2,3)9(7-8(16)10(14)15)17-11(18)19-13(4,5)6/h8-10H,7,16H2,1-6H3,(H,17,18). The van der Waals surface area contributed by atoms with Crippen molar-refractivity contribution < 1.29 is 18.3 Å². The molecule has 0 aliphatic heterocycles. The SMILES string of the molecule is CC(C)(C)OC(=O)NC(CC(N)C(F)F)C(C)(C)C. The van der Waals surface area contributed by atoms with Gasteiger partial charge in [0.15, 0.2) is 0 Å². The van der Waals surface area contributed by atoms with Crippen molar-refractivity contribution in [2.75, 3.05) is 0 Å². The van der Waals surface area contributed by atoms with Gasteiger partial charge in [-0.05, 0) is 32.6 Å². The van der Waals surface area contributed by atoms with E-state index in [0.29, 0.717) is 0 Å². The van der Waals surface area contributed by atoms with E-state index in [1.165, 1.54) is 0 Å². The van der Waals surface area contributed by atoms with Gasteiger partial charge in [-0.1, -0.05) is 20.8 Å². The first-order valence-corrected chi connectivity index (χ1v) is 6.36. The van der Waals surface area contributed by atoms with Crippen molar-refractivity contribution in [3.05, 3.63) is 0 Å². The first kappa shape index (κ1) is 18.1. The molecule has 3 N–H and O–H groups in total. The van der Waals surface area contributed by atoms with E-state index in [4.69, 9.17) is 10.5 Å². The molecule has 2 atom stereocenters. The van der Waals surface area contributed by atoms with Crippen LogP contribution >= 0.6 is 0 Å². The highest BCUT2D eigenvalue weighted by atomic mass is 19.3. The number of halogens is 2. The molecule has 0 aromatic carbocycles. The quantitative estimate of drug-likeness (QED) is 0.832. The molecule has 0 bridgehead atoms. The van der Waals surface area contributed by atoms with E-state index in [-0.39, 0.29) is 11.8 Å². The van der Waals surface area contributed by atoms with Crippen molar-refractivity contribution in [2.45, 2.75) is 72.1 Å². The summed E-state index contributed by atoms with van der Waals surface area (Å²) >= 11 is 0. The van der Waals surface area contributed by atoms with Crippen LogP contribution in [0.3, 0.4) is 0 Å². The predicted octanol–water partition coefficient (Wildman–Crippen LogP) is 2.91. The molecule has 4 nitrogen and oxygen atoms in total. The topological polar surface area (TPSA) is 64.3 Å². The third-order valence-electron chi connectivity index (χ3n) is 2.57. The molecule has 0 aliphatic carbocycles. The molecule has 19 heavy (non-hydrogen) atoms. The third-order valence-corrected chi connectivity index (χ3v) is 2.57.